The zero-order valence-electron chi connectivity index (χ0n) is 16.2. The molecule has 5 rings (SSSR count). The first-order valence-corrected chi connectivity index (χ1v) is 10.5. The van der Waals surface area contributed by atoms with E-state index in [9.17, 15) is 9.18 Å². The van der Waals surface area contributed by atoms with Crippen molar-refractivity contribution in [2.24, 2.45) is 0 Å². The summed E-state index contributed by atoms with van der Waals surface area (Å²) in [5.41, 5.74) is 2.56. The number of aromatic nitrogens is 3. The molecule has 0 unspecified atom stereocenters. The Balaban J connectivity index is 1.19. The van der Waals surface area contributed by atoms with Crippen LogP contribution in [-0.4, -0.2) is 33.8 Å². The van der Waals surface area contributed by atoms with E-state index in [0.29, 0.717) is 30.3 Å². The van der Waals surface area contributed by atoms with Gasteiger partial charge in [0.1, 0.15) is 5.82 Å². The lowest BCUT2D eigenvalue weighted by Crippen LogP contribution is -2.23. The average molecular weight is 436 g/mol. The van der Waals surface area contributed by atoms with E-state index in [2.05, 4.69) is 15.4 Å². The standard InChI is InChI=1S/C22H17FN4O3S/c23-16-5-3-15(4-6-16)21-25-22-27(26-21)17(12-31-22)9-10-24-20(28)8-2-14-1-7-18-19(11-14)30-13-29-18/h1-8,11-12H,9-10,13H2,(H,24,28). The van der Waals surface area contributed by atoms with Crippen molar-refractivity contribution >= 4 is 28.3 Å². The summed E-state index contributed by atoms with van der Waals surface area (Å²) in [6.07, 6.45) is 3.82. The van der Waals surface area contributed by atoms with Crippen molar-refractivity contribution in [3.63, 3.8) is 0 Å². The predicted octanol–water partition coefficient (Wildman–Crippen LogP) is 3.70. The molecule has 1 N–H and O–H groups in total. The molecule has 0 saturated heterocycles. The summed E-state index contributed by atoms with van der Waals surface area (Å²) in [5.74, 6) is 1.45. The summed E-state index contributed by atoms with van der Waals surface area (Å²) in [5, 5.41) is 9.36. The Morgan fingerprint density at radius 2 is 2.03 bits per heavy atom. The third kappa shape index (κ3) is 4.13. The highest BCUT2D eigenvalue weighted by atomic mass is 32.1. The van der Waals surface area contributed by atoms with Gasteiger partial charge in [0, 0.05) is 30.0 Å². The molecule has 0 aliphatic carbocycles. The molecule has 1 amide bonds. The number of halogens is 1. The molecule has 7 nitrogen and oxygen atoms in total. The predicted molar refractivity (Wildman–Crippen MR) is 115 cm³/mol. The Bertz CT molecular complexity index is 1280. The van der Waals surface area contributed by atoms with E-state index in [4.69, 9.17) is 9.47 Å². The van der Waals surface area contributed by atoms with E-state index in [-0.39, 0.29) is 18.5 Å². The van der Waals surface area contributed by atoms with Crippen LogP contribution in [0.1, 0.15) is 11.3 Å². The van der Waals surface area contributed by atoms with Crippen molar-refractivity contribution < 1.29 is 18.7 Å². The minimum Gasteiger partial charge on any atom is -0.454 e. The SMILES string of the molecule is O=C(C=Cc1ccc2c(c1)OCO2)NCCc1csc2nc(-c3ccc(F)cc3)nn12. The van der Waals surface area contributed by atoms with Crippen LogP contribution in [0.25, 0.3) is 22.4 Å². The molecular weight excluding hydrogens is 419 g/mol. The van der Waals surface area contributed by atoms with Gasteiger partial charge in [-0.2, -0.15) is 4.98 Å². The third-order valence-electron chi connectivity index (χ3n) is 4.76. The number of hydrogen-bond donors (Lipinski definition) is 1. The lowest BCUT2D eigenvalue weighted by Gasteiger charge is -2.02. The number of benzene rings is 2. The Labute approximate surface area is 180 Å². The molecule has 0 fully saturated rings. The zero-order valence-corrected chi connectivity index (χ0v) is 17.1. The van der Waals surface area contributed by atoms with Crippen molar-refractivity contribution in [2.45, 2.75) is 6.42 Å². The Kier molecular flexibility index (Phi) is 5.09. The lowest BCUT2D eigenvalue weighted by atomic mass is 10.2. The van der Waals surface area contributed by atoms with Crippen LogP contribution in [0, 0.1) is 5.82 Å². The minimum absolute atomic E-state index is 0.185. The van der Waals surface area contributed by atoms with Gasteiger partial charge < -0.3 is 14.8 Å². The Morgan fingerprint density at radius 1 is 1.19 bits per heavy atom. The molecule has 4 aromatic rings. The number of nitrogens with zero attached hydrogens (tertiary/aromatic N) is 3. The van der Waals surface area contributed by atoms with Gasteiger partial charge in [0.2, 0.25) is 17.7 Å². The number of carbonyl (C=O) groups excluding carboxylic acids is 1. The minimum atomic E-state index is -0.297. The topological polar surface area (TPSA) is 77.8 Å². The van der Waals surface area contributed by atoms with Crippen LogP contribution in [0.15, 0.2) is 53.9 Å². The van der Waals surface area contributed by atoms with E-state index in [1.54, 1.807) is 22.7 Å². The van der Waals surface area contributed by atoms with E-state index >= 15 is 0 Å². The van der Waals surface area contributed by atoms with Gasteiger partial charge in [-0.1, -0.05) is 6.07 Å². The number of fused-ring (bicyclic) bond motifs is 2. The third-order valence-corrected chi connectivity index (χ3v) is 5.62. The second-order valence-corrected chi connectivity index (χ2v) is 7.69. The van der Waals surface area contributed by atoms with Gasteiger partial charge in [-0.05, 0) is 48.0 Å². The summed E-state index contributed by atoms with van der Waals surface area (Å²) >= 11 is 1.48. The first kappa shape index (κ1) is 19.3. The highest BCUT2D eigenvalue weighted by Gasteiger charge is 2.13. The summed E-state index contributed by atoms with van der Waals surface area (Å²) < 4.78 is 25.5. The quantitative estimate of drug-likeness (QED) is 0.467. The monoisotopic (exact) mass is 436 g/mol. The molecule has 2 aromatic heterocycles. The molecule has 9 heteroatoms. The fourth-order valence-corrected chi connectivity index (χ4v) is 4.04. The van der Waals surface area contributed by atoms with Crippen LogP contribution >= 0.6 is 11.3 Å². The summed E-state index contributed by atoms with van der Waals surface area (Å²) in [6, 6.07) is 11.6. The maximum atomic E-state index is 13.1. The molecular formula is C22H17FN4O3S. The summed E-state index contributed by atoms with van der Waals surface area (Å²) in [4.78, 5) is 17.4. The number of rotatable bonds is 6. The fraction of sp³-hybridized carbons (Fsp3) is 0.136. The highest BCUT2D eigenvalue weighted by molar-refractivity contribution is 7.15. The number of amides is 1. The fourth-order valence-electron chi connectivity index (χ4n) is 3.18. The second kappa shape index (κ2) is 8.19. The molecule has 0 atom stereocenters. The van der Waals surface area contributed by atoms with Crippen molar-refractivity contribution in [1.29, 1.82) is 0 Å². The number of nitrogens with one attached hydrogen (secondary N) is 1. The first-order chi connectivity index (χ1) is 15.2. The molecule has 0 spiro atoms. The van der Waals surface area contributed by atoms with Gasteiger partial charge in [0.15, 0.2) is 17.3 Å². The van der Waals surface area contributed by atoms with Crippen LogP contribution in [-0.2, 0) is 11.2 Å². The molecule has 2 aromatic carbocycles. The number of carbonyl (C=O) groups is 1. The van der Waals surface area contributed by atoms with Gasteiger partial charge in [0.05, 0.1) is 5.69 Å². The Hall–Kier alpha value is -3.72. The number of thiazole rings is 1. The number of hydrogen-bond acceptors (Lipinski definition) is 6. The van der Waals surface area contributed by atoms with Crippen LogP contribution in [0.4, 0.5) is 4.39 Å². The second-order valence-electron chi connectivity index (χ2n) is 6.85. The Morgan fingerprint density at radius 3 is 2.90 bits per heavy atom. The summed E-state index contributed by atoms with van der Waals surface area (Å²) in [7, 11) is 0. The van der Waals surface area contributed by atoms with E-state index in [1.807, 2.05) is 23.6 Å². The smallest absolute Gasteiger partial charge is 0.244 e. The normalized spacial score (nSPS) is 12.7. The van der Waals surface area contributed by atoms with E-state index in [0.717, 1.165) is 21.8 Å². The van der Waals surface area contributed by atoms with Crippen LogP contribution in [0.5, 0.6) is 11.5 Å². The van der Waals surface area contributed by atoms with Crippen LogP contribution < -0.4 is 14.8 Å². The van der Waals surface area contributed by atoms with Gasteiger partial charge in [-0.15, -0.1) is 16.4 Å². The largest absolute Gasteiger partial charge is 0.454 e. The molecule has 156 valence electrons. The first-order valence-electron chi connectivity index (χ1n) is 9.60. The highest BCUT2D eigenvalue weighted by Crippen LogP contribution is 2.32. The molecule has 31 heavy (non-hydrogen) atoms. The van der Waals surface area contributed by atoms with Crippen molar-refractivity contribution in [1.82, 2.24) is 19.9 Å². The van der Waals surface area contributed by atoms with Gasteiger partial charge in [-0.25, -0.2) is 8.91 Å². The molecule has 0 radical (unpaired) electrons. The van der Waals surface area contributed by atoms with Crippen molar-refractivity contribution in [2.75, 3.05) is 13.3 Å². The average Bonchev–Trinajstić information content (AvgIpc) is 3.49. The van der Waals surface area contributed by atoms with Crippen molar-refractivity contribution in [3.8, 4) is 22.9 Å². The van der Waals surface area contributed by atoms with E-state index in [1.165, 1.54) is 29.5 Å². The maximum absolute atomic E-state index is 13.1. The van der Waals surface area contributed by atoms with Gasteiger partial charge in [-0.3, -0.25) is 4.79 Å². The zero-order chi connectivity index (χ0) is 21.2. The van der Waals surface area contributed by atoms with E-state index < -0.39 is 0 Å². The lowest BCUT2D eigenvalue weighted by molar-refractivity contribution is -0.116. The van der Waals surface area contributed by atoms with Crippen LogP contribution in [0.2, 0.25) is 0 Å². The molecule has 1 aliphatic heterocycles. The summed E-state index contributed by atoms with van der Waals surface area (Å²) in [6.45, 7) is 0.678. The molecule has 0 bridgehead atoms. The maximum Gasteiger partial charge on any atom is 0.244 e. The van der Waals surface area contributed by atoms with Crippen molar-refractivity contribution in [3.05, 3.63) is 71.0 Å². The molecule has 3 heterocycles. The van der Waals surface area contributed by atoms with Gasteiger partial charge in [0.25, 0.3) is 0 Å². The molecule has 0 saturated carbocycles. The number of ether oxygens (including phenoxy) is 2. The van der Waals surface area contributed by atoms with Gasteiger partial charge >= 0.3 is 0 Å². The molecule has 1 aliphatic rings. The van der Waals surface area contributed by atoms with Crippen LogP contribution in [0.3, 0.4) is 0 Å².